The maximum atomic E-state index is 13.0. The second-order valence-corrected chi connectivity index (χ2v) is 6.29. The third-order valence-electron chi connectivity index (χ3n) is 4.63. The average molecular weight is 323 g/mol. The van der Waals surface area contributed by atoms with E-state index in [2.05, 4.69) is 15.5 Å². The maximum absolute atomic E-state index is 13.0. The van der Waals surface area contributed by atoms with Crippen LogP contribution in [-0.2, 0) is 4.79 Å². The van der Waals surface area contributed by atoms with Crippen LogP contribution in [0.3, 0.4) is 0 Å². The molecule has 1 amide bonds. The number of amides is 1. The molecule has 3 rings (SSSR count). The fourth-order valence-electron chi connectivity index (χ4n) is 3.37. The van der Waals surface area contributed by atoms with Crippen molar-refractivity contribution in [3.8, 4) is 0 Å². The van der Waals surface area contributed by atoms with Gasteiger partial charge in [0.1, 0.15) is 6.04 Å². The largest absolute Gasteiger partial charge is 0.324 e. The lowest BCUT2D eigenvalue weighted by Crippen LogP contribution is -2.48. The molecule has 0 aromatic heterocycles. The van der Waals surface area contributed by atoms with Crippen molar-refractivity contribution < 1.29 is 4.79 Å². The van der Waals surface area contributed by atoms with Gasteiger partial charge < -0.3 is 10.6 Å². The first kappa shape index (κ1) is 16.7. The van der Waals surface area contributed by atoms with E-state index in [1.54, 1.807) is 0 Å². The van der Waals surface area contributed by atoms with E-state index in [0.29, 0.717) is 6.04 Å². The van der Waals surface area contributed by atoms with Gasteiger partial charge in [-0.2, -0.15) is 0 Å². The quantitative estimate of drug-likeness (QED) is 0.889. The zero-order valence-electron chi connectivity index (χ0n) is 14.1. The Bertz CT molecular complexity index is 644. The lowest BCUT2D eigenvalue weighted by Gasteiger charge is -2.37. The van der Waals surface area contributed by atoms with Gasteiger partial charge in [0, 0.05) is 18.3 Å². The van der Waals surface area contributed by atoms with Crippen molar-refractivity contribution >= 4 is 11.6 Å². The molecule has 126 valence electrons. The van der Waals surface area contributed by atoms with Crippen molar-refractivity contribution in [1.82, 2.24) is 10.2 Å². The Kier molecular flexibility index (Phi) is 5.62. The van der Waals surface area contributed by atoms with Crippen LogP contribution in [0.4, 0.5) is 5.69 Å². The molecule has 1 aliphatic rings. The van der Waals surface area contributed by atoms with Gasteiger partial charge in [-0.25, -0.2) is 0 Å². The maximum Gasteiger partial charge on any atom is 0.246 e. The van der Waals surface area contributed by atoms with Crippen molar-refractivity contribution in [3.63, 3.8) is 0 Å². The number of hydrogen-bond acceptors (Lipinski definition) is 3. The van der Waals surface area contributed by atoms with E-state index in [1.165, 1.54) is 0 Å². The molecule has 0 spiro atoms. The summed E-state index contributed by atoms with van der Waals surface area (Å²) in [6.07, 6.45) is 2.27. The predicted molar refractivity (Wildman–Crippen MR) is 97.9 cm³/mol. The number of para-hydroxylation sites is 1. The lowest BCUT2D eigenvalue weighted by atomic mass is 9.98. The summed E-state index contributed by atoms with van der Waals surface area (Å²) in [6.45, 7) is 1.83. The monoisotopic (exact) mass is 323 g/mol. The van der Waals surface area contributed by atoms with Crippen LogP contribution in [0.15, 0.2) is 60.7 Å². The van der Waals surface area contributed by atoms with E-state index >= 15 is 0 Å². The number of nitrogens with zero attached hydrogens (tertiary/aromatic N) is 1. The number of carbonyl (C=O) groups is 1. The number of likely N-dealkylation sites (N-methyl/N-ethyl adjacent to an activating group) is 1. The summed E-state index contributed by atoms with van der Waals surface area (Å²) in [6, 6.07) is 19.9. The van der Waals surface area contributed by atoms with E-state index in [-0.39, 0.29) is 11.9 Å². The molecule has 4 nitrogen and oxygen atoms in total. The fourth-order valence-corrected chi connectivity index (χ4v) is 3.37. The Hall–Kier alpha value is -2.17. The van der Waals surface area contributed by atoms with Crippen LogP contribution >= 0.6 is 0 Å². The minimum absolute atomic E-state index is 0.0316. The number of rotatable bonds is 5. The molecule has 2 aromatic rings. The summed E-state index contributed by atoms with van der Waals surface area (Å²) in [7, 11) is 2.00. The molecule has 1 fully saturated rings. The van der Waals surface area contributed by atoms with E-state index in [1.807, 2.05) is 67.7 Å². The summed E-state index contributed by atoms with van der Waals surface area (Å²) in [5.41, 5.74) is 1.88. The van der Waals surface area contributed by atoms with E-state index in [9.17, 15) is 4.79 Å². The SMILES string of the molecule is CNC1CCCN(C(C(=O)Nc2ccccc2)c2ccccc2)C1. The smallest absolute Gasteiger partial charge is 0.246 e. The number of nitrogens with one attached hydrogen (secondary N) is 2. The molecule has 1 aliphatic heterocycles. The first-order chi connectivity index (χ1) is 11.8. The molecule has 0 radical (unpaired) electrons. The molecule has 24 heavy (non-hydrogen) atoms. The first-order valence-corrected chi connectivity index (χ1v) is 8.60. The van der Waals surface area contributed by atoms with Crippen LogP contribution in [0.1, 0.15) is 24.4 Å². The van der Waals surface area contributed by atoms with Crippen molar-refractivity contribution in [2.75, 3.05) is 25.5 Å². The van der Waals surface area contributed by atoms with Gasteiger partial charge in [-0.15, -0.1) is 0 Å². The highest BCUT2D eigenvalue weighted by atomic mass is 16.2. The Morgan fingerprint density at radius 3 is 2.42 bits per heavy atom. The summed E-state index contributed by atoms with van der Waals surface area (Å²) in [4.78, 5) is 15.3. The second kappa shape index (κ2) is 8.08. The molecule has 4 heteroatoms. The van der Waals surface area contributed by atoms with Gasteiger partial charge in [-0.05, 0) is 44.1 Å². The highest BCUT2D eigenvalue weighted by molar-refractivity contribution is 5.95. The van der Waals surface area contributed by atoms with Crippen LogP contribution in [0.2, 0.25) is 0 Å². The number of likely N-dealkylation sites (tertiary alicyclic amines) is 1. The first-order valence-electron chi connectivity index (χ1n) is 8.60. The normalized spacial score (nSPS) is 19.6. The third-order valence-corrected chi connectivity index (χ3v) is 4.63. The van der Waals surface area contributed by atoms with E-state index in [0.717, 1.165) is 37.2 Å². The third kappa shape index (κ3) is 4.02. The molecule has 2 aromatic carbocycles. The number of hydrogen-bond donors (Lipinski definition) is 2. The molecule has 1 heterocycles. The Labute approximate surface area is 143 Å². The topological polar surface area (TPSA) is 44.4 Å². The average Bonchev–Trinajstić information content (AvgIpc) is 2.64. The molecule has 0 bridgehead atoms. The minimum Gasteiger partial charge on any atom is -0.324 e. The van der Waals surface area contributed by atoms with Crippen molar-refractivity contribution in [2.45, 2.75) is 24.9 Å². The van der Waals surface area contributed by atoms with Gasteiger partial charge in [0.25, 0.3) is 0 Å². The highest BCUT2D eigenvalue weighted by Crippen LogP contribution is 2.26. The van der Waals surface area contributed by atoms with Gasteiger partial charge in [-0.3, -0.25) is 9.69 Å². The van der Waals surface area contributed by atoms with Gasteiger partial charge in [0.15, 0.2) is 0 Å². The van der Waals surface area contributed by atoms with Crippen LogP contribution in [0.25, 0.3) is 0 Å². The number of carbonyl (C=O) groups excluding carboxylic acids is 1. The summed E-state index contributed by atoms with van der Waals surface area (Å²) in [5.74, 6) is 0.0316. The van der Waals surface area contributed by atoms with Gasteiger partial charge in [0.2, 0.25) is 5.91 Å². The van der Waals surface area contributed by atoms with Crippen LogP contribution in [0, 0.1) is 0 Å². The van der Waals surface area contributed by atoms with Gasteiger partial charge in [-0.1, -0.05) is 48.5 Å². The standard InChI is InChI=1S/C20H25N3O/c1-21-18-13-8-14-23(15-18)19(16-9-4-2-5-10-16)20(24)22-17-11-6-3-7-12-17/h2-7,9-12,18-19,21H,8,13-15H2,1H3,(H,22,24). The lowest BCUT2D eigenvalue weighted by molar-refractivity contribution is -0.122. The molecule has 2 N–H and O–H groups in total. The molecular formula is C20H25N3O. The van der Waals surface area contributed by atoms with Crippen LogP contribution in [0.5, 0.6) is 0 Å². The van der Waals surface area contributed by atoms with Gasteiger partial charge in [0.05, 0.1) is 0 Å². The fraction of sp³-hybridized carbons (Fsp3) is 0.350. The van der Waals surface area contributed by atoms with Crippen molar-refractivity contribution in [1.29, 1.82) is 0 Å². The van der Waals surface area contributed by atoms with Crippen molar-refractivity contribution in [3.05, 3.63) is 66.2 Å². The molecule has 1 saturated heterocycles. The molecular weight excluding hydrogens is 298 g/mol. The highest BCUT2D eigenvalue weighted by Gasteiger charge is 2.31. The van der Waals surface area contributed by atoms with Crippen LogP contribution in [-0.4, -0.2) is 37.0 Å². The summed E-state index contributed by atoms with van der Waals surface area (Å²) < 4.78 is 0. The van der Waals surface area contributed by atoms with Crippen molar-refractivity contribution in [2.24, 2.45) is 0 Å². The predicted octanol–water partition coefficient (Wildman–Crippen LogP) is 3.05. The van der Waals surface area contributed by atoms with E-state index < -0.39 is 0 Å². The van der Waals surface area contributed by atoms with Crippen LogP contribution < -0.4 is 10.6 Å². The zero-order chi connectivity index (χ0) is 16.8. The number of piperidine rings is 1. The Morgan fingerprint density at radius 1 is 1.08 bits per heavy atom. The molecule has 0 aliphatic carbocycles. The summed E-state index contributed by atoms with van der Waals surface area (Å²) in [5, 5.41) is 6.43. The summed E-state index contributed by atoms with van der Waals surface area (Å²) >= 11 is 0. The zero-order valence-corrected chi connectivity index (χ0v) is 14.1. The number of benzene rings is 2. The minimum atomic E-state index is -0.262. The Morgan fingerprint density at radius 2 is 1.75 bits per heavy atom. The number of anilines is 1. The molecule has 2 unspecified atom stereocenters. The second-order valence-electron chi connectivity index (χ2n) is 6.29. The van der Waals surface area contributed by atoms with E-state index in [4.69, 9.17) is 0 Å². The molecule has 2 atom stereocenters. The van der Waals surface area contributed by atoms with Gasteiger partial charge >= 0.3 is 0 Å². The molecule has 0 saturated carbocycles. The Balaban J connectivity index is 1.83.